The molecule has 1 N–H and O–H groups in total. The Labute approximate surface area is 87.0 Å². The molecule has 0 spiro atoms. The van der Waals surface area contributed by atoms with E-state index in [1.807, 2.05) is 0 Å². The summed E-state index contributed by atoms with van der Waals surface area (Å²) >= 11 is 0. The van der Waals surface area contributed by atoms with Crippen LogP contribution in [0.4, 0.5) is 4.39 Å². The highest BCUT2D eigenvalue weighted by atomic mass is 19.1. The molecule has 0 radical (unpaired) electrons. The van der Waals surface area contributed by atoms with Crippen molar-refractivity contribution < 1.29 is 9.50 Å². The number of pyridine rings is 1. The van der Waals surface area contributed by atoms with E-state index in [0.717, 1.165) is 5.69 Å². The Morgan fingerprint density at radius 2 is 2.00 bits per heavy atom. The van der Waals surface area contributed by atoms with Crippen molar-refractivity contribution in [2.75, 3.05) is 0 Å². The van der Waals surface area contributed by atoms with Gasteiger partial charge in [0.15, 0.2) is 0 Å². The Morgan fingerprint density at radius 3 is 2.73 bits per heavy atom. The second-order valence-corrected chi connectivity index (χ2v) is 3.33. The van der Waals surface area contributed by atoms with Crippen molar-refractivity contribution in [1.29, 1.82) is 0 Å². The van der Waals surface area contributed by atoms with Crippen LogP contribution in [0.1, 0.15) is 5.69 Å². The van der Waals surface area contributed by atoms with Gasteiger partial charge in [-0.25, -0.2) is 4.39 Å². The zero-order valence-corrected chi connectivity index (χ0v) is 8.24. The molecule has 0 bridgehead atoms. The van der Waals surface area contributed by atoms with Gasteiger partial charge in [0, 0.05) is 11.3 Å². The van der Waals surface area contributed by atoms with Crippen molar-refractivity contribution in [3.8, 4) is 17.0 Å². The normalized spacial score (nSPS) is 10.3. The topological polar surface area (TPSA) is 33.1 Å². The number of aryl methyl sites for hydroxylation is 1. The second kappa shape index (κ2) is 3.69. The highest BCUT2D eigenvalue weighted by Crippen LogP contribution is 2.23. The molecule has 2 nitrogen and oxygen atoms in total. The van der Waals surface area contributed by atoms with E-state index in [2.05, 4.69) is 4.98 Å². The summed E-state index contributed by atoms with van der Waals surface area (Å²) in [7, 11) is 0. The van der Waals surface area contributed by atoms with Crippen molar-refractivity contribution in [1.82, 2.24) is 4.98 Å². The van der Waals surface area contributed by atoms with Crippen LogP contribution in [0.3, 0.4) is 0 Å². The first-order valence-electron chi connectivity index (χ1n) is 4.59. The predicted octanol–water partition coefficient (Wildman–Crippen LogP) is 2.90. The van der Waals surface area contributed by atoms with Crippen molar-refractivity contribution >= 4 is 0 Å². The maximum Gasteiger partial charge on any atom is 0.149 e. The SMILES string of the molecule is Cc1ccc(F)c(-c2cccc(O)c2)n1. The molecule has 0 saturated carbocycles. The standard InChI is InChI=1S/C12H10FNO/c1-8-5-6-11(13)12(14-8)9-3-2-4-10(15)7-9/h2-7,15H,1H3. The van der Waals surface area contributed by atoms with Crippen LogP contribution in [0.5, 0.6) is 5.75 Å². The molecular weight excluding hydrogens is 193 g/mol. The van der Waals surface area contributed by atoms with Crippen LogP contribution in [-0.2, 0) is 0 Å². The minimum absolute atomic E-state index is 0.107. The largest absolute Gasteiger partial charge is 0.508 e. The monoisotopic (exact) mass is 203 g/mol. The third-order valence-electron chi connectivity index (χ3n) is 2.10. The number of rotatable bonds is 1. The number of hydrogen-bond acceptors (Lipinski definition) is 2. The number of aromatic nitrogens is 1. The Balaban J connectivity index is 2.58. The average molecular weight is 203 g/mol. The van der Waals surface area contributed by atoms with E-state index in [1.54, 1.807) is 25.1 Å². The van der Waals surface area contributed by atoms with Crippen LogP contribution in [-0.4, -0.2) is 10.1 Å². The van der Waals surface area contributed by atoms with E-state index in [-0.39, 0.29) is 17.3 Å². The molecule has 2 rings (SSSR count). The molecule has 1 heterocycles. The second-order valence-electron chi connectivity index (χ2n) is 3.33. The molecule has 0 saturated heterocycles. The molecule has 0 aliphatic carbocycles. The van der Waals surface area contributed by atoms with Gasteiger partial charge in [0.1, 0.15) is 17.3 Å². The first-order chi connectivity index (χ1) is 7.16. The van der Waals surface area contributed by atoms with E-state index < -0.39 is 0 Å². The van der Waals surface area contributed by atoms with Gasteiger partial charge in [-0.3, -0.25) is 4.98 Å². The van der Waals surface area contributed by atoms with Gasteiger partial charge in [0.25, 0.3) is 0 Å². The Hall–Kier alpha value is -1.90. The zero-order chi connectivity index (χ0) is 10.8. The average Bonchev–Trinajstić information content (AvgIpc) is 2.22. The highest BCUT2D eigenvalue weighted by molar-refractivity contribution is 5.61. The van der Waals surface area contributed by atoms with Crippen molar-refractivity contribution in [2.45, 2.75) is 6.92 Å². The number of nitrogens with zero attached hydrogens (tertiary/aromatic N) is 1. The quantitative estimate of drug-likeness (QED) is 0.773. The lowest BCUT2D eigenvalue weighted by molar-refractivity contribution is 0.475. The maximum atomic E-state index is 13.4. The maximum absolute atomic E-state index is 13.4. The number of benzene rings is 1. The van der Waals surface area contributed by atoms with Crippen molar-refractivity contribution in [3.05, 3.63) is 47.9 Å². The molecular formula is C12H10FNO. The molecule has 0 aliphatic heterocycles. The third kappa shape index (κ3) is 1.96. The summed E-state index contributed by atoms with van der Waals surface area (Å²) in [5.41, 5.74) is 1.59. The molecule has 0 atom stereocenters. The van der Waals surface area contributed by atoms with Gasteiger partial charge in [-0.2, -0.15) is 0 Å². The number of halogens is 1. The fourth-order valence-electron chi connectivity index (χ4n) is 1.40. The van der Waals surface area contributed by atoms with Crippen LogP contribution >= 0.6 is 0 Å². The van der Waals surface area contributed by atoms with Crippen LogP contribution in [0, 0.1) is 12.7 Å². The molecule has 0 amide bonds. The lowest BCUT2D eigenvalue weighted by Crippen LogP contribution is -1.91. The zero-order valence-electron chi connectivity index (χ0n) is 8.24. The third-order valence-corrected chi connectivity index (χ3v) is 2.10. The molecule has 1 aromatic heterocycles. The fraction of sp³-hybridized carbons (Fsp3) is 0.0833. The summed E-state index contributed by atoms with van der Waals surface area (Å²) in [6.07, 6.45) is 0. The molecule has 3 heteroatoms. The molecule has 1 aromatic carbocycles. The number of hydrogen-bond donors (Lipinski definition) is 1. The smallest absolute Gasteiger partial charge is 0.149 e. The molecule has 0 aliphatic rings. The molecule has 0 unspecified atom stereocenters. The van der Waals surface area contributed by atoms with Gasteiger partial charge in [0.2, 0.25) is 0 Å². The summed E-state index contributed by atoms with van der Waals surface area (Å²) in [6, 6.07) is 9.39. The van der Waals surface area contributed by atoms with Crippen molar-refractivity contribution in [2.24, 2.45) is 0 Å². The van der Waals surface area contributed by atoms with Crippen LogP contribution in [0.15, 0.2) is 36.4 Å². The first-order valence-corrected chi connectivity index (χ1v) is 4.59. The minimum Gasteiger partial charge on any atom is -0.508 e. The van der Waals surface area contributed by atoms with Crippen molar-refractivity contribution in [3.63, 3.8) is 0 Å². The lowest BCUT2D eigenvalue weighted by atomic mass is 10.1. The fourth-order valence-corrected chi connectivity index (χ4v) is 1.40. The van der Waals surface area contributed by atoms with E-state index in [1.165, 1.54) is 18.2 Å². The summed E-state index contributed by atoms with van der Waals surface area (Å²) < 4.78 is 13.4. The van der Waals surface area contributed by atoms with E-state index in [9.17, 15) is 9.50 Å². The van der Waals surface area contributed by atoms with Gasteiger partial charge < -0.3 is 5.11 Å². The van der Waals surface area contributed by atoms with Crippen LogP contribution in [0.25, 0.3) is 11.3 Å². The van der Waals surface area contributed by atoms with Crippen LogP contribution in [0.2, 0.25) is 0 Å². The van der Waals surface area contributed by atoms with Gasteiger partial charge in [0.05, 0.1) is 0 Å². The number of phenols is 1. The molecule has 0 fully saturated rings. The van der Waals surface area contributed by atoms with E-state index in [4.69, 9.17) is 0 Å². The molecule has 76 valence electrons. The van der Waals surface area contributed by atoms with Gasteiger partial charge >= 0.3 is 0 Å². The van der Waals surface area contributed by atoms with Gasteiger partial charge in [-0.1, -0.05) is 12.1 Å². The number of phenolic OH excluding ortho intramolecular Hbond substituents is 1. The summed E-state index contributed by atoms with van der Waals surface area (Å²) in [5, 5.41) is 9.28. The van der Waals surface area contributed by atoms with E-state index >= 15 is 0 Å². The van der Waals surface area contributed by atoms with Gasteiger partial charge in [-0.15, -0.1) is 0 Å². The Kier molecular flexibility index (Phi) is 2.37. The Morgan fingerprint density at radius 1 is 1.20 bits per heavy atom. The summed E-state index contributed by atoms with van der Waals surface area (Å²) in [5.74, 6) is -0.276. The van der Waals surface area contributed by atoms with Crippen LogP contribution < -0.4 is 0 Å². The summed E-state index contributed by atoms with van der Waals surface area (Å²) in [6.45, 7) is 1.80. The molecule has 15 heavy (non-hydrogen) atoms. The lowest BCUT2D eigenvalue weighted by Gasteiger charge is -2.03. The number of aromatic hydroxyl groups is 1. The molecule has 2 aromatic rings. The Bertz CT molecular complexity index is 497. The van der Waals surface area contributed by atoms with E-state index in [0.29, 0.717) is 5.56 Å². The van der Waals surface area contributed by atoms with Gasteiger partial charge in [-0.05, 0) is 31.2 Å². The minimum atomic E-state index is -0.383. The predicted molar refractivity (Wildman–Crippen MR) is 56.0 cm³/mol. The highest BCUT2D eigenvalue weighted by Gasteiger charge is 2.07. The summed E-state index contributed by atoms with van der Waals surface area (Å²) in [4.78, 5) is 4.10. The first kappa shape index (κ1) is 9.65.